The van der Waals surface area contributed by atoms with E-state index in [-0.39, 0.29) is 18.0 Å². The van der Waals surface area contributed by atoms with Gasteiger partial charge in [0.25, 0.3) is 5.91 Å². The van der Waals surface area contributed by atoms with Gasteiger partial charge < -0.3 is 10.0 Å². The van der Waals surface area contributed by atoms with Crippen molar-refractivity contribution < 1.29 is 19.1 Å². The zero-order valence-corrected chi connectivity index (χ0v) is 12.7. The maximum absolute atomic E-state index is 13.2. The Balaban J connectivity index is 2.88. The fourth-order valence-corrected chi connectivity index (χ4v) is 1.90. The fourth-order valence-electron chi connectivity index (χ4n) is 1.90. The van der Waals surface area contributed by atoms with E-state index in [1.54, 1.807) is 13.0 Å². The monoisotopic (exact) mass is 295 g/mol. The van der Waals surface area contributed by atoms with Gasteiger partial charge in [-0.05, 0) is 30.5 Å². The summed E-state index contributed by atoms with van der Waals surface area (Å²) in [6.07, 6.45) is 0.771. The van der Waals surface area contributed by atoms with E-state index in [1.807, 2.05) is 13.8 Å². The van der Waals surface area contributed by atoms with E-state index in [0.29, 0.717) is 12.5 Å². The van der Waals surface area contributed by atoms with E-state index in [4.69, 9.17) is 5.11 Å². The molecule has 0 fully saturated rings. The molecule has 0 saturated carbocycles. The lowest BCUT2D eigenvalue weighted by molar-refractivity contribution is -0.141. The van der Waals surface area contributed by atoms with E-state index >= 15 is 0 Å². The molecule has 4 nitrogen and oxygen atoms in total. The predicted molar refractivity (Wildman–Crippen MR) is 78.6 cm³/mol. The number of hydrogen-bond acceptors (Lipinski definition) is 2. The normalized spacial score (nSPS) is 12.2. The Bertz CT molecular complexity index is 502. The van der Waals surface area contributed by atoms with Crippen LogP contribution in [0.15, 0.2) is 24.3 Å². The Morgan fingerprint density at radius 3 is 2.48 bits per heavy atom. The van der Waals surface area contributed by atoms with E-state index < -0.39 is 17.7 Å². The van der Waals surface area contributed by atoms with Crippen LogP contribution < -0.4 is 0 Å². The number of carbonyl (C=O) groups excluding carboxylic acids is 1. The fraction of sp³-hybridized carbons (Fsp3) is 0.500. The van der Waals surface area contributed by atoms with Crippen LogP contribution in [0.25, 0.3) is 0 Å². The minimum absolute atomic E-state index is 0.122. The SMILES string of the molecule is CC(C)CCN(CC(C)C(=O)O)C(=O)c1cccc(F)c1. The summed E-state index contributed by atoms with van der Waals surface area (Å²) in [7, 11) is 0. The van der Waals surface area contributed by atoms with E-state index in [2.05, 4.69) is 0 Å². The first-order valence-corrected chi connectivity index (χ1v) is 7.09. The van der Waals surface area contributed by atoms with Crippen LogP contribution in [0.4, 0.5) is 4.39 Å². The van der Waals surface area contributed by atoms with Gasteiger partial charge in [0.15, 0.2) is 0 Å². The number of carboxylic acids is 1. The molecule has 5 heteroatoms. The molecule has 0 heterocycles. The van der Waals surface area contributed by atoms with Crippen LogP contribution in [0.3, 0.4) is 0 Å². The van der Waals surface area contributed by atoms with Crippen LogP contribution in [0.2, 0.25) is 0 Å². The van der Waals surface area contributed by atoms with Crippen molar-refractivity contribution in [2.24, 2.45) is 11.8 Å². The Morgan fingerprint density at radius 2 is 1.95 bits per heavy atom. The molecule has 0 aliphatic rings. The summed E-state index contributed by atoms with van der Waals surface area (Å²) in [4.78, 5) is 24.9. The quantitative estimate of drug-likeness (QED) is 0.841. The van der Waals surface area contributed by atoms with E-state index in [1.165, 1.54) is 23.1 Å². The summed E-state index contributed by atoms with van der Waals surface area (Å²) in [6, 6.07) is 5.47. The molecule has 1 N–H and O–H groups in total. The molecule has 0 radical (unpaired) electrons. The zero-order chi connectivity index (χ0) is 16.0. The maximum atomic E-state index is 13.2. The average Bonchev–Trinajstić information content (AvgIpc) is 2.42. The van der Waals surface area contributed by atoms with E-state index in [9.17, 15) is 14.0 Å². The molecule has 0 aliphatic heterocycles. The molecule has 1 aromatic carbocycles. The molecular weight excluding hydrogens is 273 g/mol. The first-order chi connectivity index (χ1) is 9.81. The molecule has 116 valence electrons. The van der Waals surface area contributed by atoms with Gasteiger partial charge in [-0.15, -0.1) is 0 Å². The van der Waals surface area contributed by atoms with Crippen molar-refractivity contribution in [3.05, 3.63) is 35.6 Å². The molecule has 1 unspecified atom stereocenters. The third-order valence-electron chi connectivity index (χ3n) is 3.25. The summed E-state index contributed by atoms with van der Waals surface area (Å²) in [5, 5.41) is 9.01. The Kier molecular flexibility index (Phi) is 6.34. The number of hydrogen-bond donors (Lipinski definition) is 1. The molecule has 1 aromatic rings. The highest BCUT2D eigenvalue weighted by Gasteiger charge is 2.22. The van der Waals surface area contributed by atoms with Crippen molar-refractivity contribution in [2.45, 2.75) is 27.2 Å². The van der Waals surface area contributed by atoms with Crippen molar-refractivity contribution in [1.82, 2.24) is 4.90 Å². The largest absolute Gasteiger partial charge is 0.481 e. The Morgan fingerprint density at radius 1 is 1.29 bits per heavy atom. The lowest BCUT2D eigenvalue weighted by Crippen LogP contribution is -2.38. The minimum atomic E-state index is -0.948. The summed E-state index contributed by atoms with van der Waals surface area (Å²) in [5.74, 6) is -2.02. The molecule has 0 aliphatic carbocycles. The van der Waals surface area contributed by atoms with Crippen LogP contribution in [0.1, 0.15) is 37.6 Å². The van der Waals surface area contributed by atoms with Gasteiger partial charge in [-0.25, -0.2) is 4.39 Å². The highest BCUT2D eigenvalue weighted by atomic mass is 19.1. The maximum Gasteiger partial charge on any atom is 0.308 e. The highest BCUT2D eigenvalue weighted by molar-refractivity contribution is 5.94. The summed E-state index contributed by atoms with van der Waals surface area (Å²) in [6.45, 7) is 6.21. The number of aliphatic carboxylic acids is 1. The smallest absolute Gasteiger partial charge is 0.308 e. The van der Waals surface area contributed by atoms with E-state index in [0.717, 1.165) is 6.42 Å². The molecule has 1 amide bonds. The zero-order valence-electron chi connectivity index (χ0n) is 12.7. The minimum Gasteiger partial charge on any atom is -0.481 e. The lowest BCUT2D eigenvalue weighted by atomic mass is 10.1. The number of carboxylic acid groups (broad SMARTS) is 1. The molecular formula is C16H22FNO3. The molecule has 1 rings (SSSR count). The van der Waals surface area contributed by atoms with Gasteiger partial charge in [-0.2, -0.15) is 0 Å². The molecule has 0 spiro atoms. The highest BCUT2D eigenvalue weighted by Crippen LogP contribution is 2.12. The number of benzene rings is 1. The summed E-state index contributed by atoms with van der Waals surface area (Å²) >= 11 is 0. The van der Waals surface area contributed by atoms with Crippen LogP contribution >= 0.6 is 0 Å². The molecule has 0 saturated heterocycles. The number of carbonyl (C=O) groups is 2. The number of nitrogens with zero attached hydrogens (tertiary/aromatic N) is 1. The van der Waals surface area contributed by atoms with Crippen molar-refractivity contribution in [1.29, 1.82) is 0 Å². The first kappa shape index (κ1) is 17.1. The van der Waals surface area contributed by atoms with Crippen molar-refractivity contribution in [2.75, 3.05) is 13.1 Å². The third kappa shape index (κ3) is 5.53. The standard InChI is InChI=1S/C16H22FNO3/c1-11(2)7-8-18(10-12(3)16(20)21)15(19)13-5-4-6-14(17)9-13/h4-6,9,11-12H,7-8,10H2,1-3H3,(H,20,21). The predicted octanol–water partition coefficient (Wildman–Crippen LogP) is 3.03. The summed E-state index contributed by atoms with van der Waals surface area (Å²) < 4.78 is 13.2. The lowest BCUT2D eigenvalue weighted by Gasteiger charge is -2.25. The second kappa shape index (κ2) is 7.76. The summed E-state index contributed by atoms with van der Waals surface area (Å²) in [5.41, 5.74) is 0.247. The van der Waals surface area contributed by atoms with Gasteiger partial charge in [0.05, 0.1) is 5.92 Å². The Hall–Kier alpha value is -1.91. The first-order valence-electron chi connectivity index (χ1n) is 7.09. The van der Waals surface area contributed by atoms with Crippen molar-refractivity contribution in [3.8, 4) is 0 Å². The van der Waals surface area contributed by atoms with Gasteiger partial charge in [0, 0.05) is 18.7 Å². The van der Waals surface area contributed by atoms with Crippen molar-refractivity contribution >= 4 is 11.9 Å². The second-order valence-corrected chi connectivity index (χ2v) is 5.68. The number of halogens is 1. The number of amides is 1. The van der Waals surface area contributed by atoms with Gasteiger partial charge >= 0.3 is 5.97 Å². The van der Waals surface area contributed by atoms with Gasteiger partial charge in [-0.3, -0.25) is 9.59 Å². The van der Waals surface area contributed by atoms with Crippen LogP contribution in [0, 0.1) is 17.7 Å². The third-order valence-corrected chi connectivity index (χ3v) is 3.25. The number of rotatable bonds is 7. The molecule has 21 heavy (non-hydrogen) atoms. The molecule has 1 atom stereocenters. The second-order valence-electron chi connectivity index (χ2n) is 5.68. The van der Waals surface area contributed by atoms with Crippen LogP contribution in [0.5, 0.6) is 0 Å². The van der Waals surface area contributed by atoms with Gasteiger partial charge in [0.1, 0.15) is 5.82 Å². The topological polar surface area (TPSA) is 57.6 Å². The van der Waals surface area contributed by atoms with Crippen LogP contribution in [-0.4, -0.2) is 35.0 Å². The molecule has 0 bridgehead atoms. The Labute approximate surface area is 124 Å². The average molecular weight is 295 g/mol. The van der Waals surface area contributed by atoms with Gasteiger partial charge in [-0.1, -0.05) is 26.8 Å². The van der Waals surface area contributed by atoms with Crippen molar-refractivity contribution in [3.63, 3.8) is 0 Å². The van der Waals surface area contributed by atoms with Crippen LogP contribution in [-0.2, 0) is 4.79 Å². The van der Waals surface area contributed by atoms with Gasteiger partial charge in [0.2, 0.25) is 0 Å². The molecule has 0 aromatic heterocycles.